The molecule has 130 valence electrons. The third kappa shape index (κ3) is 2.95. The molecule has 2 atom stereocenters. The molecule has 2 amide bonds. The number of fused-ring (bicyclic) bond motifs is 3. The predicted molar refractivity (Wildman–Crippen MR) is 98.6 cm³/mol. The van der Waals surface area contributed by atoms with Crippen molar-refractivity contribution in [2.75, 3.05) is 0 Å². The molecule has 5 nitrogen and oxygen atoms in total. The van der Waals surface area contributed by atoms with Crippen LogP contribution in [0, 0.1) is 0 Å². The predicted octanol–water partition coefficient (Wildman–Crippen LogP) is 3.12. The lowest BCUT2D eigenvalue weighted by Gasteiger charge is -2.48. The van der Waals surface area contributed by atoms with Gasteiger partial charge in [-0.25, -0.2) is 0 Å². The topological polar surface area (TPSA) is 62.3 Å². The van der Waals surface area contributed by atoms with Gasteiger partial charge >= 0.3 is 0 Å². The van der Waals surface area contributed by atoms with Gasteiger partial charge in [0.25, 0.3) is 5.91 Å². The Morgan fingerprint density at radius 3 is 2.68 bits per heavy atom. The van der Waals surface area contributed by atoms with E-state index in [1.807, 2.05) is 29.2 Å². The van der Waals surface area contributed by atoms with Crippen LogP contribution < -0.4 is 5.32 Å². The summed E-state index contributed by atoms with van der Waals surface area (Å²) in [6.45, 7) is 3.52. The summed E-state index contributed by atoms with van der Waals surface area (Å²) in [5.41, 5.74) is 0.575. The lowest BCUT2D eigenvalue weighted by atomic mass is 9.81. The molecular formula is C19H21N3O2S. The molecule has 1 N–H and O–H groups in total. The zero-order valence-electron chi connectivity index (χ0n) is 14.0. The average Bonchev–Trinajstić information content (AvgIpc) is 3.04. The van der Waals surface area contributed by atoms with E-state index in [4.69, 9.17) is 0 Å². The Bertz CT molecular complexity index is 817. The largest absolute Gasteiger partial charge is 0.350 e. The van der Waals surface area contributed by atoms with E-state index in [0.29, 0.717) is 5.69 Å². The van der Waals surface area contributed by atoms with Crippen LogP contribution in [0.3, 0.4) is 0 Å². The number of nitrogens with one attached hydrogen (secondary N) is 1. The van der Waals surface area contributed by atoms with E-state index >= 15 is 0 Å². The van der Waals surface area contributed by atoms with Crippen molar-refractivity contribution in [1.29, 1.82) is 0 Å². The number of nitrogens with zero attached hydrogens (tertiary/aromatic N) is 2. The molecule has 2 aromatic rings. The quantitative estimate of drug-likeness (QED) is 0.861. The van der Waals surface area contributed by atoms with Gasteiger partial charge < -0.3 is 10.2 Å². The first-order valence-electron chi connectivity index (χ1n) is 8.77. The number of benzene rings is 1. The molecule has 25 heavy (non-hydrogen) atoms. The molecular weight excluding hydrogens is 334 g/mol. The van der Waals surface area contributed by atoms with Crippen molar-refractivity contribution < 1.29 is 9.59 Å². The second kappa shape index (κ2) is 6.59. The second-order valence-electron chi connectivity index (χ2n) is 6.86. The van der Waals surface area contributed by atoms with Gasteiger partial charge in [0, 0.05) is 23.5 Å². The van der Waals surface area contributed by atoms with E-state index in [2.05, 4.69) is 16.3 Å². The average molecular weight is 355 g/mol. The third-order valence-corrected chi connectivity index (χ3v) is 6.15. The number of amides is 2. The molecule has 2 fully saturated rings. The molecule has 2 unspecified atom stereocenters. The second-order valence-corrected chi connectivity index (χ2v) is 7.66. The molecule has 2 saturated heterocycles. The normalized spacial score (nSPS) is 25.6. The van der Waals surface area contributed by atoms with Gasteiger partial charge in [0.15, 0.2) is 0 Å². The van der Waals surface area contributed by atoms with Crippen molar-refractivity contribution in [1.82, 2.24) is 14.6 Å². The van der Waals surface area contributed by atoms with E-state index in [-0.39, 0.29) is 29.9 Å². The molecule has 0 radical (unpaired) electrons. The molecule has 1 aromatic heterocycles. The summed E-state index contributed by atoms with van der Waals surface area (Å²) in [7, 11) is 0. The molecule has 2 bridgehead atoms. The summed E-state index contributed by atoms with van der Waals surface area (Å²) in [4.78, 5) is 26.9. The van der Waals surface area contributed by atoms with Gasteiger partial charge in [0.05, 0.1) is 4.70 Å². The van der Waals surface area contributed by atoms with Crippen LogP contribution in [-0.4, -0.2) is 39.2 Å². The Morgan fingerprint density at radius 1 is 1.24 bits per heavy atom. The fourth-order valence-corrected chi connectivity index (χ4v) is 5.02. The summed E-state index contributed by atoms with van der Waals surface area (Å²) >= 11 is 1.38. The summed E-state index contributed by atoms with van der Waals surface area (Å²) in [5.74, 6) is -0.0889. The maximum atomic E-state index is 13.2. The Kier molecular flexibility index (Phi) is 4.29. The lowest BCUT2D eigenvalue weighted by molar-refractivity contribution is -0.117. The highest BCUT2D eigenvalue weighted by atomic mass is 32.1. The molecule has 0 saturated carbocycles. The van der Waals surface area contributed by atoms with E-state index < -0.39 is 0 Å². The van der Waals surface area contributed by atoms with Crippen molar-refractivity contribution in [2.45, 2.75) is 50.2 Å². The number of carbonyl (C=O) groups excluding carboxylic acids is 2. The maximum Gasteiger partial charge on any atom is 0.274 e. The first-order chi connectivity index (χ1) is 12.2. The molecule has 6 heteroatoms. The Morgan fingerprint density at radius 2 is 1.96 bits per heavy atom. The summed E-state index contributed by atoms with van der Waals surface area (Å²) in [5, 5.41) is 3.95. The first-order valence-corrected chi connectivity index (χ1v) is 9.54. The van der Waals surface area contributed by atoms with Crippen molar-refractivity contribution in [3.05, 3.63) is 42.6 Å². The smallest absolute Gasteiger partial charge is 0.274 e. The summed E-state index contributed by atoms with van der Waals surface area (Å²) in [6.07, 6.45) is 6.05. The van der Waals surface area contributed by atoms with Crippen LogP contribution in [0.5, 0.6) is 0 Å². The molecule has 2 aliphatic heterocycles. The lowest BCUT2D eigenvalue weighted by Crippen LogP contribution is -2.58. The van der Waals surface area contributed by atoms with Gasteiger partial charge in [-0.3, -0.25) is 9.59 Å². The molecule has 3 heterocycles. The third-order valence-electron chi connectivity index (χ3n) is 5.32. The van der Waals surface area contributed by atoms with Gasteiger partial charge in [-0.05, 0) is 55.8 Å². The van der Waals surface area contributed by atoms with Crippen molar-refractivity contribution in [3.63, 3.8) is 0 Å². The fourth-order valence-electron chi connectivity index (χ4n) is 4.25. The minimum Gasteiger partial charge on any atom is -0.350 e. The number of hydrogen-bond acceptors (Lipinski definition) is 4. The van der Waals surface area contributed by atoms with Crippen LogP contribution in [-0.2, 0) is 4.79 Å². The van der Waals surface area contributed by atoms with Crippen molar-refractivity contribution >= 4 is 33.4 Å². The molecule has 4 rings (SSSR count). The van der Waals surface area contributed by atoms with E-state index in [0.717, 1.165) is 42.2 Å². The van der Waals surface area contributed by atoms with Crippen LogP contribution in [0.15, 0.2) is 36.9 Å². The van der Waals surface area contributed by atoms with Crippen LogP contribution >= 0.6 is 11.5 Å². The SMILES string of the molecule is C=CC(=O)NC1CC2CCCC(C1)N2C(=O)c1nsc2ccccc12. The van der Waals surface area contributed by atoms with Crippen molar-refractivity contribution in [2.24, 2.45) is 0 Å². The number of rotatable bonds is 3. The molecule has 2 aliphatic rings. The zero-order valence-corrected chi connectivity index (χ0v) is 14.8. The summed E-state index contributed by atoms with van der Waals surface area (Å²) in [6, 6.07) is 8.37. The first kappa shape index (κ1) is 16.3. The Balaban J connectivity index is 1.59. The van der Waals surface area contributed by atoms with Crippen LogP contribution in [0.2, 0.25) is 0 Å². The van der Waals surface area contributed by atoms with Crippen LogP contribution in [0.4, 0.5) is 0 Å². The van der Waals surface area contributed by atoms with Crippen molar-refractivity contribution in [3.8, 4) is 0 Å². The van der Waals surface area contributed by atoms with Gasteiger partial charge in [0.2, 0.25) is 5.91 Å². The van der Waals surface area contributed by atoms with E-state index in [1.165, 1.54) is 17.6 Å². The highest BCUT2D eigenvalue weighted by Gasteiger charge is 2.42. The van der Waals surface area contributed by atoms with Gasteiger partial charge in [-0.15, -0.1) is 0 Å². The number of aromatic nitrogens is 1. The van der Waals surface area contributed by atoms with Gasteiger partial charge in [0.1, 0.15) is 5.69 Å². The fraction of sp³-hybridized carbons (Fsp3) is 0.421. The monoisotopic (exact) mass is 355 g/mol. The standard InChI is InChI=1S/C19H21N3O2S/c1-2-17(23)20-12-10-13-6-5-7-14(11-12)22(13)19(24)18-15-8-3-4-9-16(15)25-21-18/h2-4,8-9,12-14H,1,5-7,10-11H2,(H,20,23). The number of carbonyl (C=O) groups is 2. The highest BCUT2D eigenvalue weighted by Crippen LogP contribution is 2.36. The zero-order chi connectivity index (χ0) is 17.4. The Labute approximate surface area is 150 Å². The van der Waals surface area contributed by atoms with E-state index in [1.54, 1.807) is 0 Å². The van der Waals surface area contributed by atoms with Crippen LogP contribution in [0.1, 0.15) is 42.6 Å². The minimum atomic E-state index is -0.131. The van der Waals surface area contributed by atoms with Gasteiger partial charge in [-0.1, -0.05) is 24.8 Å². The minimum absolute atomic E-state index is 0.0423. The number of piperidine rings is 2. The molecule has 0 aliphatic carbocycles. The maximum absolute atomic E-state index is 13.2. The Hall–Kier alpha value is -2.21. The van der Waals surface area contributed by atoms with Gasteiger partial charge in [-0.2, -0.15) is 4.37 Å². The summed E-state index contributed by atoms with van der Waals surface area (Å²) < 4.78 is 5.49. The number of hydrogen-bond donors (Lipinski definition) is 1. The highest BCUT2D eigenvalue weighted by molar-refractivity contribution is 7.13. The molecule has 0 spiro atoms. The van der Waals surface area contributed by atoms with Crippen LogP contribution in [0.25, 0.3) is 10.1 Å². The molecule has 1 aromatic carbocycles. The van der Waals surface area contributed by atoms with E-state index in [9.17, 15) is 9.59 Å².